The smallest absolute Gasteiger partial charge is 0.250 e. The predicted octanol–water partition coefficient (Wildman–Crippen LogP) is 1.40. The molecule has 0 radical (unpaired) electrons. The summed E-state index contributed by atoms with van der Waals surface area (Å²) in [6.45, 7) is 5.55. The van der Waals surface area contributed by atoms with Gasteiger partial charge >= 0.3 is 0 Å². The quantitative estimate of drug-likeness (QED) is 0.750. The van der Waals surface area contributed by atoms with Gasteiger partial charge in [0.15, 0.2) is 0 Å². The van der Waals surface area contributed by atoms with E-state index in [0.717, 1.165) is 12.8 Å². The molecule has 0 fully saturated rings. The molecule has 1 amide bonds. The largest absolute Gasteiger partial charge is 0.397 e. The Morgan fingerprint density at radius 2 is 2.10 bits per heavy atom. The number of pyridine rings is 1. The van der Waals surface area contributed by atoms with Gasteiger partial charge in [0.1, 0.15) is 5.82 Å². The first-order valence-corrected chi connectivity index (χ1v) is 6.85. The number of anilines is 2. The van der Waals surface area contributed by atoms with Gasteiger partial charge in [0, 0.05) is 19.7 Å². The highest BCUT2D eigenvalue weighted by Crippen LogP contribution is 2.22. The maximum atomic E-state index is 11.4. The first kappa shape index (κ1) is 16.2. The van der Waals surface area contributed by atoms with Crippen LogP contribution in [0.25, 0.3) is 0 Å². The van der Waals surface area contributed by atoms with Crippen LogP contribution >= 0.6 is 0 Å². The van der Waals surface area contributed by atoms with Crippen molar-refractivity contribution in [2.24, 2.45) is 5.73 Å². The minimum atomic E-state index is -0.539. The molecule has 1 heterocycles. The molecule has 1 aromatic heterocycles. The summed E-state index contributed by atoms with van der Waals surface area (Å²) in [6.07, 6.45) is 3.45. The van der Waals surface area contributed by atoms with Crippen LogP contribution in [0.3, 0.4) is 0 Å². The lowest BCUT2D eigenvalue weighted by atomic mass is 10.1. The zero-order chi connectivity index (χ0) is 15.1. The second-order valence-electron chi connectivity index (χ2n) is 4.65. The Morgan fingerprint density at radius 1 is 1.45 bits per heavy atom. The Morgan fingerprint density at radius 3 is 2.60 bits per heavy atom. The SMILES string of the molecule is CCC(CC)N(CCOC)c1cc(C(N)=O)c(N)cn1. The van der Waals surface area contributed by atoms with Gasteiger partial charge in [-0.3, -0.25) is 4.79 Å². The fourth-order valence-corrected chi connectivity index (χ4v) is 2.23. The Kier molecular flexibility index (Phi) is 6.24. The molecule has 0 unspecified atom stereocenters. The Labute approximate surface area is 120 Å². The standard InChI is InChI=1S/C14H24N4O2/c1-4-10(5-2)18(6-7-20-3)13-8-11(14(16)19)12(15)9-17-13/h8-10H,4-7,15H2,1-3H3,(H2,16,19). The molecule has 0 spiro atoms. The predicted molar refractivity (Wildman–Crippen MR) is 80.8 cm³/mol. The van der Waals surface area contributed by atoms with Gasteiger partial charge in [-0.15, -0.1) is 0 Å². The lowest BCUT2D eigenvalue weighted by Gasteiger charge is -2.31. The highest BCUT2D eigenvalue weighted by molar-refractivity contribution is 5.98. The topological polar surface area (TPSA) is 94.5 Å². The molecular formula is C14H24N4O2. The van der Waals surface area contributed by atoms with Crippen molar-refractivity contribution in [2.45, 2.75) is 32.7 Å². The van der Waals surface area contributed by atoms with Crippen molar-refractivity contribution in [1.29, 1.82) is 0 Å². The van der Waals surface area contributed by atoms with E-state index in [1.54, 1.807) is 13.2 Å². The first-order valence-electron chi connectivity index (χ1n) is 6.85. The lowest BCUT2D eigenvalue weighted by molar-refractivity contribution is 0.100. The van der Waals surface area contributed by atoms with Gasteiger partial charge < -0.3 is 21.1 Å². The molecule has 0 bridgehead atoms. The average molecular weight is 280 g/mol. The zero-order valence-corrected chi connectivity index (χ0v) is 12.4. The molecule has 1 rings (SSSR count). The summed E-state index contributed by atoms with van der Waals surface area (Å²) in [5.74, 6) is 0.168. The van der Waals surface area contributed by atoms with Crippen molar-refractivity contribution in [3.63, 3.8) is 0 Å². The fraction of sp³-hybridized carbons (Fsp3) is 0.571. The summed E-state index contributed by atoms with van der Waals surface area (Å²) in [4.78, 5) is 17.9. The molecule has 0 aromatic carbocycles. The number of nitrogens with two attached hydrogens (primary N) is 2. The summed E-state index contributed by atoms with van der Waals surface area (Å²) in [7, 11) is 1.66. The van der Waals surface area contributed by atoms with Crippen LogP contribution in [0.1, 0.15) is 37.0 Å². The van der Waals surface area contributed by atoms with E-state index in [-0.39, 0.29) is 0 Å². The molecule has 20 heavy (non-hydrogen) atoms. The number of nitrogens with zero attached hydrogens (tertiary/aromatic N) is 2. The number of rotatable bonds is 8. The van der Waals surface area contributed by atoms with Crippen LogP contribution in [0.4, 0.5) is 11.5 Å². The molecule has 0 saturated carbocycles. The normalized spacial score (nSPS) is 10.8. The number of hydrogen-bond acceptors (Lipinski definition) is 5. The van der Waals surface area contributed by atoms with Crippen LogP contribution in [0.2, 0.25) is 0 Å². The molecule has 112 valence electrons. The molecule has 1 aromatic rings. The summed E-state index contributed by atoms with van der Waals surface area (Å²) in [5.41, 5.74) is 11.7. The van der Waals surface area contributed by atoms with E-state index in [1.807, 2.05) is 0 Å². The van der Waals surface area contributed by atoms with E-state index in [0.29, 0.717) is 36.3 Å². The number of aromatic nitrogens is 1. The van der Waals surface area contributed by atoms with Crippen LogP contribution in [0.5, 0.6) is 0 Å². The van der Waals surface area contributed by atoms with E-state index in [1.165, 1.54) is 6.20 Å². The first-order chi connectivity index (χ1) is 9.54. The maximum Gasteiger partial charge on any atom is 0.250 e. The van der Waals surface area contributed by atoms with Crippen LogP contribution in [-0.2, 0) is 4.74 Å². The summed E-state index contributed by atoms with van der Waals surface area (Å²) < 4.78 is 5.15. The fourth-order valence-electron chi connectivity index (χ4n) is 2.23. The van der Waals surface area contributed by atoms with Crippen molar-refractivity contribution in [3.05, 3.63) is 17.8 Å². The summed E-state index contributed by atoms with van der Waals surface area (Å²) in [5, 5.41) is 0. The van der Waals surface area contributed by atoms with Crippen LogP contribution in [0, 0.1) is 0 Å². The highest BCUT2D eigenvalue weighted by Gasteiger charge is 2.18. The average Bonchev–Trinajstić information content (AvgIpc) is 2.44. The van der Waals surface area contributed by atoms with Crippen molar-refractivity contribution < 1.29 is 9.53 Å². The number of nitrogen functional groups attached to an aromatic ring is 1. The van der Waals surface area contributed by atoms with E-state index in [2.05, 4.69) is 23.7 Å². The lowest BCUT2D eigenvalue weighted by Crippen LogP contribution is -2.38. The van der Waals surface area contributed by atoms with Gasteiger partial charge in [0.2, 0.25) is 0 Å². The molecule has 0 saturated heterocycles. The third-order valence-corrected chi connectivity index (χ3v) is 3.40. The summed E-state index contributed by atoms with van der Waals surface area (Å²) in [6, 6.07) is 1.99. The van der Waals surface area contributed by atoms with Gasteiger partial charge in [0.25, 0.3) is 5.91 Å². The number of carbonyl (C=O) groups excluding carboxylic acids is 1. The number of primary amides is 1. The van der Waals surface area contributed by atoms with E-state index in [4.69, 9.17) is 16.2 Å². The number of amides is 1. The third-order valence-electron chi connectivity index (χ3n) is 3.40. The third kappa shape index (κ3) is 3.84. The molecule has 6 heteroatoms. The molecular weight excluding hydrogens is 256 g/mol. The van der Waals surface area contributed by atoms with Crippen molar-refractivity contribution in [2.75, 3.05) is 30.9 Å². The number of carbonyl (C=O) groups is 1. The molecule has 0 atom stereocenters. The molecule has 4 N–H and O–H groups in total. The van der Waals surface area contributed by atoms with Gasteiger partial charge in [-0.1, -0.05) is 13.8 Å². The van der Waals surface area contributed by atoms with E-state index < -0.39 is 5.91 Å². The molecule has 0 aliphatic carbocycles. The van der Waals surface area contributed by atoms with Gasteiger partial charge in [-0.25, -0.2) is 4.98 Å². The minimum absolute atomic E-state index is 0.303. The summed E-state index contributed by atoms with van der Waals surface area (Å²) >= 11 is 0. The van der Waals surface area contributed by atoms with Gasteiger partial charge in [0.05, 0.1) is 24.1 Å². The number of methoxy groups -OCH3 is 1. The minimum Gasteiger partial charge on any atom is -0.397 e. The number of hydrogen-bond donors (Lipinski definition) is 2. The second kappa shape index (κ2) is 7.69. The molecule has 6 nitrogen and oxygen atoms in total. The Hall–Kier alpha value is -1.82. The maximum absolute atomic E-state index is 11.4. The van der Waals surface area contributed by atoms with Crippen molar-refractivity contribution in [1.82, 2.24) is 4.98 Å². The monoisotopic (exact) mass is 280 g/mol. The molecule has 0 aliphatic heterocycles. The van der Waals surface area contributed by atoms with Gasteiger partial charge in [-0.2, -0.15) is 0 Å². The Bertz CT molecular complexity index is 447. The molecule has 0 aliphatic rings. The van der Waals surface area contributed by atoms with E-state index >= 15 is 0 Å². The second-order valence-corrected chi connectivity index (χ2v) is 4.65. The number of ether oxygens (including phenoxy) is 1. The van der Waals surface area contributed by atoms with Crippen molar-refractivity contribution >= 4 is 17.4 Å². The van der Waals surface area contributed by atoms with Crippen molar-refractivity contribution in [3.8, 4) is 0 Å². The van der Waals surface area contributed by atoms with Crippen LogP contribution in [0.15, 0.2) is 12.3 Å². The van der Waals surface area contributed by atoms with E-state index in [9.17, 15) is 4.79 Å². The van der Waals surface area contributed by atoms with Crippen LogP contribution < -0.4 is 16.4 Å². The Balaban J connectivity index is 3.12. The van der Waals surface area contributed by atoms with Crippen LogP contribution in [-0.4, -0.2) is 37.2 Å². The van der Waals surface area contributed by atoms with Gasteiger partial charge in [-0.05, 0) is 18.9 Å². The zero-order valence-electron chi connectivity index (χ0n) is 12.4. The highest BCUT2D eigenvalue weighted by atomic mass is 16.5.